The van der Waals surface area contributed by atoms with E-state index in [1.807, 2.05) is 0 Å². The quantitative estimate of drug-likeness (QED) is 0.794. The van der Waals surface area contributed by atoms with Gasteiger partial charge in [-0.05, 0) is 49.5 Å². The minimum absolute atomic E-state index is 0.00967. The topological polar surface area (TPSA) is 92.3 Å². The van der Waals surface area contributed by atoms with Crippen molar-refractivity contribution in [3.8, 4) is 0 Å². The predicted molar refractivity (Wildman–Crippen MR) is 89.6 cm³/mol. The first kappa shape index (κ1) is 18.4. The number of sulfone groups is 1. The molecule has 2 rings (SSSR count). The zero-order valence-electron chi connectivity index (χ0n) is 13.5. The molecule has 2 N–H and O–H groups in total. The highest BCUT2D eigenvalue weighted by molar-refractivity contribution is 7.91. The van der Waals surface area contributed by atoms with Gasteiger partial charge in [0.05, 0.1) is 15.5 Å². The summed E-state index contributed by atoms with van der Waals surface area (Å²) in [6.45, 7) is 5.70. The maximum Gasteiger partial charge on any atom is 0.240 e. The van der Waals surface area contributed by atoms with E-state index >= 15 is 0 Å². The molecular formula is C15H24N2O4S2. The van der Waals surface area contributed by atoms with Crippen molar-refractivity contribution in [1.29, 1.82) is 0 Å². The van der Waals surface area contributed by atoms with Crippen molar-refractivity contribution in [2.24, 2.45) is 5.41 Å². The largest absolute Gasteiger partial charge is 0.317 e. The summed E-state index contributed by atoms with van der Waals surface area (Å²) in [6, 6.07) is 5.53. The monoisotopic (exact) mass is 360 g/mol. The summed E-state index contributed by atoms with van der Waals surface area (Å²) < 4.78 is 51.4. The van der Waals surface area contributed by atoms with E-state index in [2.05, 4.69) is 17.0 Å². The SMILES string of the molecule is CCS(=O)(=O)c1cccc(S(=O)(=O)NCC2(C)CCNCC2)c1. The molecule has 0 spiro atoms. The van der Waals surface area contributed by atoms with Crippen LogP contribution in [0.25, 0.3) is 0 Å². The lowest BCUT2D eigenvalue weighted by Gasteiger charge is -2.34. The number of nitrogens with one attached hydrogen (secondary N) is 2. The summed E-state index contributed by atoms with van der Waals surface area (Å²) in [4.78, 5) is 0.0283. The molecular weight excluding hydrogens is 336 g/mol. The summed E-state index contributed by atoms with van der Waals surface area (Å²) in [6.07, 6.45) is 1.81. The molecule has 0 atom stereocenters. The van der Waals surface area contributed by atoms with Gasteiger partial charge in [0.25, 0.3) is 0 Å². The van der Waals surface area contributed by atoms with Crippen LogP contribution in [-0.4, -0.2) is 42.2 Å². The van der Waals surface area contributed by atoms with E-state index in [0.29, 0.717) is 6.54 Å². The van der Waals surface area contributed by atoms with Gasteiger partial charge in [-0.15, -0.1) is 0 Å². The molecule has 8 heteroatoms. The van der Waals surface area contributed by atoms with Gasteiger partial charge in [0.2, 0.25) is 10.0 Å². The van der Waals surface area contributed by atoms with Gasteiger partial charge in [-0.25, -0.2) is 21.6 Å². The van der Waals surface area contributed by atoms with Gasteiger partial charge in [0.15, 0.2) is 9.84 Å². The van der Waals surface area contributed by atoms with Crippen molar-refractivity contribution in [3.05, 3.63) is 24.3 Å². The lowest BCUT2D eigenvalue weighted by atomic mass is 9.81. The van der Waals surface area contributed by atoms with Crippen LogP contribution in [0.3, 0.4) is 0 Å². The van der Waals surface area contributed by atoms with E-state index < -0.39 is 19.9 Å². The molecule has 0 radical (unpaired) electrons. The van der Waals surface area contributed by atoms with Gasteiger partial charge < -0.3 is 5.32 Å². The number of piperidine rings is 1. The lowest BCUT2D eigenvalue weighted by molar-refractivity contribution is 0.232. The molecule has 23 heavy (non-hydrogen) atoms. The van der Waals surface area contributed by atoms with Crippen LogP contribution < -0.4 is 10.0 Å². The van der Waals surface area contributed by atoms with Crippen LogP contribution in [0.1, 0.15) is 26.7 Å². The Balaban J connectivity index is 2.18. The molecule has 1 fully saturated rings. The summed E-state index contributed by atoms with van der Waals surface area (Å²) >= 11 is 0. The third-order valence-corrected chi connectivity index (χ3v) is 7.49. The molecule has 0 aromatic heterocycles. The highest BCUT2D eigenvalue weighted by Gasteiger charge is 2.29. The predicted octanol–water partition coefficient (Wildman–Crippen LogP) is 1.15. The Labute approximate surface area is 138 Å². The second kappa shape index (κ2) is 6.88. The van der Waals surface area contributed by atoms with Crippen LogP contribution in [-0.2, 0) is 19.9 Å². The molecule has 6 nitrogen and oxygen atoms in total. The fourth-order valence-corrected chi connectivity index (χ4v) is 4.81. The first-order chi connectivity index (χ1) is 10.7. The van der Waals surface area contributed by atoms with Crippen LogP contribution in [0.4, 0.5) is 0 Å². The summed E-state index contributed by atoms with van der Waals surface area (Å²) in [7, 11) is -7.15. The molecule has 1 saturated heterocycles. The Morgan fingerprint density at radius 1 is 1.13 bits per heavy atom. The van der Waals surface area contributed by atoms with Crippen LogP contribution in [0.5, 0.6) is 0 Å². The Morgan fingerprint density at radius 2 is 1.74 bits per heavy atom. The van der Waals surface area contributed by atoms with E-state index in [9.17, 15) is 16.8 Å². The Hall–Kier alpha value is -0.960. The third kappa shape index (κ3) is 4.53. The third-order valence-electron chi connectivity index (χ3n) is 4.35. The summed E-state index contributed by atoms with van der Waals surface area (Å²) in [5, 5.41) is 3.26. The Morgan fingerprint density at radius 3 is 2.35 bits per heavy atom. The molecule has 0 saturated carbocycles. The van der Waals surface area contributed by atoms with Crippen molar-refractivity contribution in [2.75, 3.05) is 25.4 Å². The molecule has 1 aliphatic rings. The van der Waals surface area contributed by atoms with Gasteiger partial charge in [0, 0.05) is 6.54 Å². The molecule has 0 aliphatic carbocycles. The van der Waals surface area contributed by atoms with Crippen molar-refractivity contribution < 1.29 is 16.8 Å². The minimum Gasteiger partial charge on any atom is -0.317 e. The highest BCUT2D eigenvalue weighted by Crippen LogP contribution is 2.27. The number of sulfonamides is 1. The van der Waals surface area contributed by atoms with Gasteiger partial charge in [0.1, 0.15) is 0 Å². The van der Waals surface area contributed by atoms with Crippen LogP contribution in [0.2, 0.25) is 0 Å². The van der Waals surface area contributed by atoms with Crippen molar-refractivity contribution in [1.82, 2.24) is 10.0 Å². The number of benzene rings is 1. The fourth-order valence-electron chi connectivity index (χ4n) is 2.56. The Bertz CT molecular complexity index is 751. The fraction of sp³-hybridized carbons (Fsp3) is 0.600. The molecule has 0 bridgehead atoms. The van der Waals surface area contributed by atoms with Gasteiger partial charge in [-0.3, -0.25) is 0 Å². The molecule has 0 unspecified atom stereocenters. The summed E-state index contributed by atoms with van der Waals surface area (Å²) in [5.74, 6) is -0.0605. The molecule has 0 amide bonds. The normalized spacial score (nSPS) is 18.7. The zero-order chi connectivity index (χ0) is 17.1. The minimum atomic E-state index is -3.72. The molecule has 1 heterocycles. The lowest BCUT2D eigenvalue weighted by Crippen LogP contribution is -2.42. The van der Waals surface area contributed by atoms with Crippen molar-refractivity contribution >= 4 is 19.9 Å². The van der Waals surface area contributed by atoms with E-state index in [0.717, 1.165) is 25.9 Å². The molecule has 1 aromatic carbocycles. The van der Waals surface area contributed by atoms with Crippen LogP contribution in [0, 0.1) is 5.41 Å². The first-order valence-electron chi connectivity index (χ1n) is 7.72. The van der Waals surface area contributed by atoms with E-state index in [1.165, 1.54) is 31.2 Å². The van der Waals surface area contributed by atoms with Crippen LogP contribution in [0.15, 0.2) is 34.1 Å². The molecule has 130 valence electrons. The van der Waals surface area contributed by atoms with Crippen LogP contribution >= 0.6 is 0 Å². The Kier molecular flexibility index (Phi) is 5.50. The number of hydrogen-bond acceptors (Lipinski definition) is 5. The first-order valence-corrected chi connectivity index (χ1v) is 10.9. The van der Waals surface area contributed by atoms with E-state index in [4.69, 9.17) is 0 Å². The summed E-state index contributed by atoms with van der Waals surface area (Å²) in [5.41, 5.74) is -0.0780. The second-order valence-corrected chi connectivity index (χ2v) is 10.3. The molecule has 1 aromatic rings. The van der Waals surface area contributed by atoms with E-state index in [-0.39, 0.29) is 21.0 Å². The van der Waals surface area contributed by atoms with Gasteiger partial charge >= 0.3 is 0 Å². The van der Waals surface area contributed by atoms with Crippen molar-refractivity contribution in [3.63, 3.8) is 0 Å². The molecule has 1 aliphatic heterocycles. The number of rotatable bonds is 6. The van der Waals surface area contributed by atoms with Crippen molar-refractivity contribution in [2.45, 2.75) is 36.5 Å². The highest BCUT2D eigenvalue weighted by atomic mass is 32.2. The maximum absolute atomic E-state index is 12.5. The van der Waals surface area contributed by atoms with E-state index in [1.54, 1.807) is 0 Å². The maximum atomic E-state index is 12.5. The van der Waals surface area contributed by atoms with Gasteiger partial charge in [-0.2, -0.15) is 0 Å². The zero-order valence-corrected chi connectivity index (χ0v) is 15.1. The van der Waals surface area contributed by atoms with Gasteiger partial charge in [-0.1, -0.05) is 19.9 Å². The number of hydrogen-bond donors (Lipinski definition) is 2. The average Bonchev–Trinajstić information content (AvgIpc) is 2.54. The standard InChI is InChI=1S/C15H24N2O4S2/c1-3-22(18,19)13-5-4-6-14(11-13)23(20,21)17-12-15(2)7-9-16-10-8-15/h4-6,11,16-17H,3,7-10,12H2,1-2H3. The smallest absolute Gasteiger partial charge is 0.240 e. The average molecular weight is 361 g/mol. The second-order valence-electron chi connectivity index (χ2n) is 6.26.